The molecule has 3 heteroatoms. The molecule has 0 spiro atoms. The molecule has 78 valence electrons. The third-order valence-electron chi connectivity index (χ3n) is 2.12. The Hall–Kier alpha value is -1.64. The van der Waals surface area contributed by atoms with Crippen molar-refractivity contribution in [1.29, 1.82) is 0 Å². The first-order valence-electron chi connectivity index (χ1n) is 5.20. The standard InChI is InChI=1S/C12H15N3/c1-10(2)9-15-8-6-12(14-15)11-5-3-4-7-13-11/h3-8,10H,9H2,1-2H3. The number of aromatic nitrogens is 3. The number of nitrogens with zero attached hydrogens (tertiary/aromatic N) is 3. The summed E-state index contributed by atoms with van der Waals surface area (Å²) in [6, 6.07) is 7.87. The van der Waals surface area contributed by atoms with Gasteiger partial charge in [-0.15, -0.1) is 0 Å². The van der Waals surface area contributed by atoms with Gasteiger partial charge in [-0.25, -0.2) is 0 Å². The molecule has 0 atom stereocenters. The normalized spacial score (nSPS) is 10.9. The highest BCUT2D eigenvalue weighted by Gasteiger charge is 2.03. The second-order valence-corrected chi connectivity index (χ2v) is 4.03. The van der Waals surface area contributed by atoms with Gasteiger partial charge in [-0.2, -0.15) is 5.10 Å². The number of rotatable bonds is 3. The molecule has 0 aliphatic carbocycles. The lowest BCUT2D eigenvalue weighted by Gasteiger charge is -2.03. The molecule has 0 saturated heterocycles. The second-order valence-electron chi connectivity index (χ2n) is 4.03. The molecule has 2 aromatic rings. The van der Waals surface area contributed by atoms with Crippen molar-refractivity contribution >= 4 is 0 Å². The van der Waals surface area contributed by atoms with Crippen molar-refractivity contribution in [3.8, 4) is 11.4 Å². The van der Waals surface area contributed by atoms with Crippen LogP contribution in [0.3, 0.4) is 0 Å². The Kier molecular flexibility index (Phi) is 2.81. The summed E-state index contributed by atoms with van der Waals surface area (Å²) in [7, 11) is 0. The summed E-state index contributed by atoms with van der Waals surface area (Å²) in [5, 5.41) is 4.47. The van der Waals surface area contributed by atoms with Gasteiger partial charge in [0, 0.05) is 18.9 Å². The lowest BCUT2D eigenvalue weighted by Crippen LogP contribution is -2.04. The molecule has 0 bridgehead atoms. The Morgan fingerprint density at radius 3 is 2.73 bits per heavy atom. The Bertz CT molecular complexity index is 417. The van der Waals surface area contributed by atoms with Crippen LogP contribution < -0.4 is 0 Å². The van der Waals surface area contributed by atoms with Gasteiger partial charge in [0.15, 0.2) is 0 Å². The van der Waals surface area contributed by atoms with Gasteiger partial charge in [0.2, 0.25) is 0 Å². The van der Waals surface area contributed by atoms with Gasteiger partial charge in [0.25, 0.3) is 0 Å². The van der Waals surface area contributed by atoms with E-state index in [4.69, 9.17) is 0 Å². The molecule has 0 fully saturated rings. The van der Waals surface area contributed by atoms with E-state index in [-0.39, 0.29) is 0 Å². The fourth-order valence-corrected chi connectivity index (χ4v) is 1.49. The van der Waals surface area contributed by atoms with Crippen LogP contribution in [-0.2, 0) is 6.54 Å². The predicted octanol–water partition coefficient (Wildman–Crippen LogP) is 2.60. The van der Waals surface area contributed by atoms with Crippen molar-refractivity contribution in [3.63, 3.8) is 0 Å². The van der Waals surface area contributed by atoms with Crippen LogP contribution in [-0.4, -0.2) is 14.8 Å². The molecule has 0 radical (unpaired) electrons. The lowest BCUT2D eigenvalue weighted by atomic mass is 10.2. The molecule has 2 heterocycles. The van der Waals surface area contributed by atoms with Crippen LogP contribution in [0.4, 0.5) is 0 Å². The third-order valence-corrected chi connectivity index (χ3v) is 2.12. The average molecular weight is 201 g/mol. The van der Waals surface area contributed by atoms with E-state index in [2.05, 4.69) is 23.9 Å². The average Bonchev–Trinajstić information content (AvgIpc) is 2.67. The van der Waals surface area contributed by atoms with E-state index in [0.717, 1.165) is 17.9 Å². The summed E-state index contributed by atoms with van der Waals surface area (Å²) < 4.78 is 1.97. The zero-order chi connectivity index (χ0) is 10.7. The second kappa shape index (κ2) is 4.26. The largest absolute Gasteiger partial charge is 0.272 e. The Labute approximate surface area is 89.8 Å². The smallest absolute Gasteiger partial charge is 0.111 e. The summed E-state index contributed by atoms with van der Waals surface area (Å²) in [6.45, 7) is 5.32. The molecule has 0 aliphatic rings. The zero-order valence-corrected chi connectivity index (χ0v) is 9.09. The molecule has 3 nitrogen and oxygen atoms in total. The minimum Gasteiger partial charge on any atom is -0.272 e. The van der Waals surface area contributed by atoms with E-state index in [9.17, 15) is 0 Å². The van der Waals surface area contributed by atoms with Crippen LogP contribution in [0.15, 0.2) is 36.7 Å². The molecule has 15 heavy (non-hydrogen) atoms. The molecule has 0 aromatic carbocycles. The first-order chi connectivity index (χ1) is 7.25. The Morgan fingerprint density at radius 1 is 1.20 bits per heavy atom. The van der Waals surface area contributed by atoms with Crippen molar-refractivity contribution in [3.05, 3.63) is 36.7 Å². The minimum atomic E-state index is 0.612. The van der Waals surface area contributed by atoms with Crippen LogP contribution in [0.1, 0.15) is 13.8 Å². The summed E-state index contributed by atoms with van der Waals surface area (Å²) in [5.41, 5.74) is 1.87. The van der Waals surface area contributed by atoms with E-state index < -0.39 is 0 Å². The van der Waals surface area contributed by atoms with Crippen molar-refractivity contribution in [2.24, 2.45) is 5.92 Å². The predicted molar refractivity (Wildman–Crippen MR) is 60.3 cm³/mol. The molecule has 0 amide bonds. The van der Waals surface area contributed by atoms with E-state index in [1.54, 1.807) is 6.20 Å². The summed E-state index contributed by atoms with van der Waals surface area (Å²) in [4.78, 5) is 4.27. The molecular weight excluding hydrogens is 186 g/mol. The van der Waals surface area contributed by atoms with Crippen molar-refractivity contribution in [2.45, 2.75) is 20.4 Å². The van der Waals surface area contributed by atoms with E-state index in [1.807, 2.05) is 35.1 Å². The van der Waals surface area contributed by atoms with E-state index in [1.165, 1.54) is 0 Å². The van der Waals surface area contributed by atoms with Gasteiger partial charge in [-0.05, 0) is 24.1 Å². The number of hydrogen-bond acceptors (Lipinski definition) is 2. The minimum absolute atomic E-state index is 0.612. The molecule has 0 aliphatic heterocycles. The van der Waals surface area contributed by atoms with Gasteiger partial charge < -0.3 is 0 Å². The topological polar surface area (TPSA) is 30.7 Å². The van der Waals surface area contributed by atoms with E-state index in [0.29, 0.717) is 5.92 Å². The molecular formula is C12H15N3. The molecule has 2 aromatic heterocycles. The number of hydrogen-bond donors (Lipinski definition) is 0. The fourth-order valence-electron chi connectivity index (χ4n) is 1.49. The van der Waals surface area contributed by atoms with Crippen molar-refractivity contribution in [1.82, 2.24) is 14.8 Å². The Morgan fingerprint density at radius 2 is 2.07 bits per heavy atom. The van der Waals surface area contributed by atoms with Crippen LogP contribution in [0, 0.1) is 5.92 Å². The quantitative estimate of drug-likeness (QED) is 0.764. The van der Waals surface area contributed by atoms with Gasteiger partial charge in [-0.1, -0.05) is 19.9 Å². The first kappa shape index (κ1) is 9.90. The Balaban J connectivity index is 2.21. The maximum Gasteiger partial charge on any atom is 0.111 e. The maximum absolute atomic E-state index is 4.47. The summed E-state index contributed by atoms with van der Waals surface area (Å²) >= 11 is 0. The molecule has 2 rings (SSSR count). The maximum atomic E-state index is 4.47. The lowest BCUT2D eigenvalue weighted by molar-refractivity contribution is 0.484. The monoisotopic (exact) mass is 201 g/mol. The van der Waals surface area contributed by atoms with E-state index >= 15 is 0 Å². The van der Waals surface area contributed by atoms with Crippen LogP contribution in [0.5, 0.6) is 0 Å². The fraction of sp³-hybridized carbons (Fsp3) is 0.333. The van der Waals surface area contributed by atoms with Gasteiger partial charge in [0.1, 0.15) is 5.69 Å². The molecule has 0 N–H and O–H groups in total. The summed E-state index contributed by atoms with van der Waals surface area (Å²) in [5.74, 6) is 0.612. The highest BCUT2D eigenvalue weighted by Crippen LogP contribution is 2.13. The number of pyridine rings is 1. The van der Waals surface area contributed by atoms with Crippen LogP contribution in [0.2, 0.25) is 0 Å². The van der Waals surface area contributed by atoms with Gasteiger partial charge in [-0.3, -0.25) is 9.67 Å². The van der Waals surface area contributed by atoms with Gasteiger partial charge >= 0.3 is 0 Å². The first-order valence-corrected chi connectivity index (χ1v) is 5.20. The molecule has 0 saturated carbocycles. The SMILES string of the molecule is CC(C)Cn1ccc(-c2ccccn2)n1. The third kappa shape index (κ3) is 2.43. The van der Waals surface area contributed by atoms with Crippen molar-refractivity contribution in [2.75, 3.05) is 0 Å². The summed E-state index contributed by atoms with van der Waals surface area (Å²) in [6.07, 6.45) is 3.79. The van der Waals surface area contributed by atoms with Crippen LogP contribution in [0.25, 0.3) is 11.4 Å². The zero-order valence-electron chi connectivity index (χ0n) is 9.09. The molecule has 0 unspecified atom stereocenters. The van der Waals surface area contributed by atoms with Gasteiger partial charge in [0.05, 0.1) is 5.69 Å². The van der Waals surface area contributed by atoms with Crippen LogP contribution >= 0.6 is 0 Å². The van der Waals surface area contributed by atoms with Crippen molar-refractivity contribution < 1.29 is 0 Å². The highest BCUT2D eigenvalue weighted by atomic mass is 15.3. The highest BCUT2D eigenvalue weighted by molar-refractivity contribution is 5.52.